The molecule has 7 nitrogen and oxygen atoms in total. The molecule has 1 saturated heterocycles. The van der Waals surface area contributed by atoms with Crippen molar-refractivity contribution < 1.29 is 9.53 Å². The van der Waals surface area contributed by atoms with Crippen LogP contribution in [0, 0.1) is 0 Å². The van der Waals surface area contributed by atoms with E-state index in [1.807, 2.05) is 48.5 Å². The number of pyridine rings is 1. The van der Waals surface area contributed by atoms with Gasteiger partial charge in [-0.2, -0.15) is 0 Å². The molecule has 0 unspecified atom stereocenters. The van der Waals surface area contributed by atoms with Gasteiger partial charge in [0.25, 0.3) is 5.91 Å². The van der Waals surface area contributed by atoms with Crippen molar-refractivity contribution >= 4 is 17.6 Å². The normalized spacial score (nSPS) is 14.7. The zero-order valence-corrected chi connectivity index (χ0v) is 20.4. The first-order valence-electron chi connectivity index (χ1n) is 12.1. The number of aromatic nitrogens is 1. The van der Waals surface area contributed by atoms with Crippen LogP contribution < -0.4 is 10.6 Å². The molecule has 0 radical (unpaired) electrons. The Kier molecular flexibility index (Phi) is 8.59. The molecule has 35 heavy (non-hydrogen) atoms. The molecule has 0 spiro atoms. The van der Waals surface area contributed by atoms with Crippen molar-refractivity contribution in [1.82, 2.24) is 15.2 Å². The lowest BCUT2D eigenvalue weighted by Gasteiger charge is -2.26. The number of morpholine rings is 1. The Morgan fingerprint density at radius 3 is 2.49 bits per heavy atom. The van der Waals surface area contributed by atoms with Crippen molar-refractivity contribution in [1.29, 1.82) is 0 Å². The smallest absolute Gasteiger partial charge is 0.257 e. The van der Waals surface area contributed by atoms with Crippen LogP contribution in [0.5, 0.6) is 0 Å². The van der Waals surface area contributed by atoms with Crippen LogP contribution in [0.4, 0.5) is 5.69 Å². The maximum absolute atomic E-state index is 13.1. The predicted molar refractivity (Wildman–Crippen MR) is 140 cm³/mol. The number of rotatable bonds is 7. The van der Waals surface area contributed by atoms with Crippen molar-refractivity contribution in [2.45, 2.75) is 32.9 Å². The Balaban J connectivity index is 1.46. The number of nitrogens with zero attached hydrogens (tertiary/aromatic N) is 3. The van der Waals surface area contributed by atoms with Gasteiger partial charge in [0.1, 0.15) is 0 Å². The SMILES string of the molecule is CC(C)c1cccc(NC(=NCc2ccncc2)NC(=O)c2ccc(CN3CCOCC3)cc2)c1. The number of benzene rings is 2. The molecule has 0 aliphatic carbocycles. The summed E-state index contributed by atoms with van der Waals surface area (Å²) in [4.78, 5) is 24.1. The number of carbonyl (C=O) groups excluding carboxylic acids is 1. The minimum atomic E-state index is -0.205. The molecule has 4 rings (SSSR count). The molecule has 3 aromatic rings. The van der Waals surface area contributed by atoms with Gasteiger partial charge in [0.15, 0.2) is 0 Å². The van der Waals surface area contributed by atoms with Gasteiger partial charge in [0.2, 0.25) is 5.96 Å². The second kappa shape index (κ2) is 12.2. The van der Waals surface area contributed by atoms with Gasteiger partial charge in [0.05, 0.1) is 19.8 Å². The van der Waals surface area contributed by atoms with E-state index in [2.05, 4.69) is 51.5 Å². The van der Waals surface area contributed by atoms with E-state index in [-0.39, 0.29) is 5.91 Å². The van der Waals surface area contributed by atoms with Crippen LogP contribution in [-0.4, -0.2) is 48.1 Å². The van der Waals surface area contributed by atoms with Gasteiger partial charge in [-0.25, -0.2) is 4.99 Å². The van der Waals surface area contributed by atoms with Gasteiger partial charge in [-0.3, -0.25) is 20.0 Å². The third kappa shape index (κ3) is 7.47. The van der Waals surface area contributed by atoms with Crippen LogP contribution in [0.15, 0.2) is 78.0 Å². The molecule has 1 aliphatic heterocycles. The Morgan fingerprint density at radius 1 is 1.03 bits per heavy atom. The van der Waals surface area contributed by atoms with Crippen molar-refractivity contribution in [3.05, 3.63) is 95.3 Å². The molecule has 1 aromatic heterocycles. The molecular weight excluding hydrogens is 438 g/mol. The lowest BCUT2D eigenvalue weighted by Crippen LogP contribution is -2.36. The second-order valence-electron chi connectivity index (χ2n) is 8.97. The molecular formula is C28H33N5O2. The number of nitrogens with one attached hydrogen (secondary N) is 2. The van der Waals surface area contributed by atoms with E-state index in [1.165, 1.54) is 11.1 Å². The quantitative estimate of drug-likeness (QED) is 0.394. The Morgan fingerprint density at radius 2 is 1.77 bits per heavy atom. The Labute approximate surface area is 207 Å². The number of ether oxygens (including phenoxy) is 1. The molecule has 182 valence electrons. The number of guanidine groups is 1. The first-order valence-corrected chi connectivity index (χ1v) is 12.1. The van der Waals surface area contributed by atoms with Gasteiger partial charge < -0.3 is 10.1 Å². The van der Waals surface area contributed by atoms with Gasteiger partial charge in [-0.05, 0) is 59.0 Å². The summed E-state index contributed by atoms with van der Waals surface area (Å²) >= 11 is 0. The van der Waals surface area contributed by atoms with E-state index < -0.39 is 0 Å². The maximum atomic E-state index is 13.1. The average molecular weight is 472 g/mol. The summed E-state index contributed by atoms with van der Waals surface area (Å²) in [5, 5.41) is 6.25. The summed E-state index contributed by atoms with van der Waals surface area (Å²) in [6, 6.07) is 19.7. The van der Waals surface area contributed by atoms with E-state index in [1.54, 1.807) is 12.4 Å². The number of amides is 1. The van der Waals surface area contributed by atoms with Crippen LogP contribution in [0.1, 0.15) is 46.8 Å². The minimum Gasteiger partial charge on any atom is -0.379 e. The minimum absolute atomic E-state index is 0.205. The van der Waals surface area contributed by atoms with Crippen molar-refractivity contribution in [3.8, 4) is 0 Å². The summed E-state index contributed by atoms with van der Waals surface area (Å²) in [7, 11) is 0. The van der Waals surface area contributed by atoms with E-state index in [4.69, 9.17) is 4.74 Å². The van der Waals surface area contributed by atoms with Gasteiger partial charge >= 0.3 is 0 Å². The van der Waals surface area contributed by atoms with Crippen LogP contribution in [0.3, 0.4) is 0 Å². The van der Waals surface area contributed by atoms with Gasteiger partial charge in [-0.1, -0.05) is 38.1 Å². The zero-order chi connectivity index (χ0) is 24.5. The summed E-state index contributed by atoms with van der Waals surface area (Å²) in [6.45, 7) is 9.01. The van der Waals surface area contributed by atoms with Gasteiger partial charge in [0, 0.05) is 43.3 Å². The fraction of sp³-hybridized carbons (Fsp3) is 0.321. The topological polar surface area (TPSA) is 78.8 Å². The third-order valence-electron chi connectivity index (χ3n) is 5.94. The molecule has 0 saturated carbocycles. The number of hydrogen-bond acceptors (Lipinski definition) is 5. The second-order valence-corrected chi connectivity index (χ2v) is 8.97. The number of aliphatic imine (C=N–C) groups is 1. The summed E-state index contributed by atoms with van der Waals surface area (Å²) in [5.74, 6) is 0.605. The molecule has 1 amide bonds. The standard InChI is InChI=1S/C28H33N5O2/c1-21(2)25-4-3-5-26(18-25)31-28(30-19-22-10-12-29-13-11-22)32-27(34)24-8-6-23(7-9-24)20-33-14-16-35-17-15-33/h3-13,18,21H,14-17,19-20H2,1-2H3,(H2,30,31,32,34). The van der Waals surface area contributed by atoms with E-state index >= 15 is 0 Å². The van der Waals surface area contributed by atoms with Crippen LogP contribution in [0.25, 0.3) is 0 Å². The van der Waals surface area contributed by atoms with E-state index in [0.717, 1.165) is 44.1 Å². The zero-order valence-electron chi connectivity index (χ0n) is 20.4. The Bertz CT molecular complexity index is 1120. The third-order valence-corrected chi connectivity index (χ3v) is 5.94. The molecule has 1 fully saturated rings. The van der Waals surface area contributed by atoms with Crippen LogP contribution in [0.2, 0.25) is 0 Å². The highest BCUT2D eigenvalue weighted by Gasteiger charge is 2.13. The lowest BCUT2D eigenvalue weighted by atomic mass is 10.0. The summed E-state index contributed by atoms with van der Waals surface area (Å²) in [6.07, 6.45) is 3.47. The molecule has 2 aromatic carbocycles. The highest BCUT2D eigenvalue weighted by atomic mass is 16.5. The molecule has 0 bridgehead atoms. The highest BCUT2D eigenvalue weighted by Crippen LogP contribution is 2.18. The van der Waals surface area contributed by atoms with Crippen LogP contribution >= 0.6 is 0 Å². The lowest BCUT2D eigenvalue weighted by molar-refractivity contribution is 0.0342. The molecule has 0 atom stereocenters. The fourth-order valence-corrected chi connectivity index (χ4v) is 3.84. The fourth-order valence-electron chi connectivity index (χ4n) is 3.84. The molecule has 2 N–H and O–H groups in total. The van der Waals surface area contributed by atoms with Crippen molar-refractivity contribution in [2.75, 3.05) is 31.6 Å². The molecule has 7 heteroatoms. The maximum Gasteiger partial charge on any atom is 0.257 e. The monoisotopic (exact) mass is 471 g/mol. The number of hydrogen-bond donors (Lipinski definition) is 2. The summed E-state index contributed by atoms with van der Waals surface area (Å²) < 4.78 is 5.42. The predicted octanol–water partition coefficient (Wildman–Crippen LogP) is 4.44. The van der Waals surface area contributed by atoms with Crippen molar-refractivity contribution in [3.63, 3.8) is 0 Å². The van der Waals surface area contributed by atoms with E-state index in [0.29, 0.717) is 24.0 Å². The van der Waals surface area contributed by atoms with Crippen LogP contribution in [-0.2, 0) is 17.8 Å². The van der Waals surface area contributed by atoms with E-state index in [9.17, 15) is 4.79 Å². The van der Waals surface area contributed by atoms with Crippen molar-refractivity contribution in [2.24, 2.45) is 4.99 Å². The number of carbonyl (C=O) groups is 1. The largest absolute Gasteiger partial charge is 0.379 e. The first kappa shape index (κ1) is 24.6. The van der Waals surface area contributed by atoms with Gasteiger partial charge in [-0.15, -0.1) is 0 Å². The average Bonchev–Trinajstić information content (AvgIpc) is 2.89. The first-order chi connectivity index (χ1) is 17.1. The molecule has 2 heterocycles. The number of anilines is 1. The molecule has 1 aliphatic rings. The summed E-state index contributed by atoms with van der Waals surface area (Å²) in [5.41, 5.74) is 4.87. The highest BCUT2D eigenvalue weighted by molar-refractivity contribution is 6.10. The Hall–Kier alpha value is -3.55.